The average Bonchev–Trinajstić information content (AvgIpc) is 3.05. The Bertz CT molecular complexity index is 986. The molecule has 4 rings (SSSR count). The second-order valence-electron chi connectivity index (χ2n) is 7.65. The molecular weight excluding hydrogens is 394 g/mol. The SMILES string of the molecule is CN(C)Cc1ccc(Oc2nc(-c3ccc(N)nc3)nc(N3CCCOCC3)n2)cc1. The van der Waals surface area contributed by atoms with Crippen LogP contribution >= 0.6 is 0 Å². The van der Waals surface area contributed by atoms with Gasteiger partial charge in [0.25, 0.3) is 0 Å². The van der Waals surface area contributed by atoms with E-state index in [9.17, 15) is 0 Å². The third-order valence-electron chi connectivity index (χ3n) is 4.78. The Morgan fingerprint density at radius 2 is 1.87 bits per heavy atom. The summed E-state index contributed by atoms with van der Waals surface area (Å²) in [7, 11) is 4.08. The zero-order valence-corrected chi connectivity index (χ0v) is 17.9. The number of aromatic nitrogens is 4. The molecule has 0 radical (unpaired) electrons. The van der Waals surface area contributed by atoms with Crippen LogP contribution < -0.4 is 15.4 Å². The summed E-state index contributed by atoms with van der Waals surface area (Å²) in [5.41, 5.74) is 7.68. The van der Waals surface area contributed by atoms with E-state index in [1.165, 1.54) is 5.56 Å². The number of hydrogen-bond acceptors (Lipinski definition) is 9. The van der Waals surface area contributed by atoms with Gasteiger partial charge >= 0.3 is 6.01 Å². The van der Waals surface area contributed by atoms with E-state index in [1.807, 2.05) is 44.4 Å². The molecule has 0 aliphatic carbocycles. The Labute approximate surface area is 181 Å². The normalized spacial score (nSPS) is 14.5. The molecule has 0 unspecified atom stereocenters. The first kappa shape index (κ1) is 21.0. The van der Waals surface area contributed by atoms with Crippen molar-refractivity contribution in [2.24, 2.45) is 0 Å². The summed E-state index contributed by atoms with van der Waals surface area (Å²) in [6, 6.07) is 11.7. The molecule has 2 N–H and O–H groups in total. The summed E-state index contributed by atoms with van der Waals surface area (Å²) in [5.74, 6) is 2.16. The summed E-state index contributed by atoms with van der Waals surface area (Å²) in [6.45, 7) is 3.75. The zero-order chi connectivity index (χ0) is 21.6. The van der Waals surface area contributed by atoms with Gasteiger partial charge in [0.15, 0.2) is 5.82 Å². The van der Waals surface area contributed by atoms with Crippen LogP contribution in [0.1, 0.15) is 12.0 Å². The number of benzene rings is 1. The van der Waals surface area contributed by atoms with E-state index in [4.69, 9.17) is 15.2 Å². The van der Waals surface area contributed by atoms with Gasteiger partial charge < -0.3 is 25.0 Å². The summed E-state index contributed by atoms with van der Waals surface area (Å²) < 4.78 is 11.6. The highest BCUT2D eigenvalue weighted by Gasteiger charge is 2.17. The second kappa shape index (κ2) is 9.67. The molecule has 2 aromatic heterocycles. The molecule has 0 bridgehead atoms. The van der Waals surface area contributed by atoms with E-state index in [0.717, 1.165) is 31.7 Å². The highest BCUT2D eigenvalue weighted by molar-refractivity contribution is 5.57. The molecule has 0 spiro atoms. The van der Waals surface area contributed by atoms with Gasteiger partial charge in [-0.15, -0.1) is 0 Å². The number of pyridine rings is 1. The molecule has 9 heteroatoms. The molecule has 1 aliphatic heterocycles. The molecule has 1 saturated heterocycles. The fourth-order valence-electron chi connectivity index (χ4n) is 3.28. The van der Waals surface area contributed by atoms with Gasteiger partial charge in [-0.25, -0.2) is 4.98 Å². The quantitative estimate of drug-likeness (QED) is 0.643. The minimum atomic E-state index is 0.238. The van der Waals surface area contributed by atoms with Crippen molar-refractivity contribution in [2.75, 3.05) is 51.0 Å². The predicted molar refractivity (Wildman–Crippen MR) is 119 cm³/mol. The monoisotopic (exact) mass is 421 g/mol. The number of ether oxygens (including phenoxy) is 2. The van der Waals surface area contributed by atoms with Crippen LogP contribution in [0, 0.1) is 0 Å². The Morgan fingerprint density at radius 1 is 1.03 bits per heavy atom. The van der Waals surface area contributed by atoms with E-state index in [-0.39, 0.29) is 6.01 Å². The maximum Gasteiger partial charge on any atom is 0.327 e. The Hall–Kier alpha value is -3.30. The number of rotatable bonds is 6. The van der Waals surface area contributed by atoms with Crippen LogP contribution in [0.2, 0.25) is 0 Å². The summed E-state index contributed by atoms with van der Waals surface area (Å²) in [6.07, 6.45) is 2.56. The molecule has 0 atom stereocenters. The Balaban J connectivity index is 1.64. The molecule has 9 nitrogen and oxygen atoms in total. The molecule has 3 aromatic rings. The predicted octanol–water partition coefficient (Wildman–Crippen LogP) is 2.60. The highest BCUT2D eigenvalue weighted by atomic mass is 16.5. The Kier molecular flexibility index (Phi) is 6.54. The number of nitrogen functional groups attached to an aromatic ring is 1. The first-order valence-corrected chi connectivity index (χ1v) is 10.3. The first-order valence-electron chi connectivity index (χ1n) is 10.3. The lowest BCUT2D eigenvalue weighted by molar-refractivity contribution is 0.152. The Morgan fingerprint density at radius 3 is 2.61 bits per heavy atom. The molecular formula is C22H27N7O2. The van der Waals surface area contributed by atoms with Crippen molar-refractivity contribution in [3.8, 4) is 23.1 Å². The molecule has 1 fully saturated rings. The third kappa shape index (κ3) is 5.65. The molecule has 3 heterocycles. The summed E-state index contributed by atoms with van der Waals surface area (Å²) in [5, 5.41) is 0. The summed E-state index contributed by atoms with van der Waals surface area (Å²) >= 11 is 0. The maximum absolute atomic E-state index is 6.01. The minimum absolute atomic E-state index is 0.238. The topological polar surface area (TPSA) is 103 Å². The first-order chi connectivity index (χ1) is 15.1. The highest BCUT2D eigenvalue weighted by Crippen LogP contribution is 2.25. The molecule has 0 amide bonds. The van der Waals surface area contributed by atoms with Crippen LogP contribution in [0.25, 0.3) is 11.4 Å². The van der Waals surface area contributed by atoms with Crippen molar-refractivity contribution in [1.29, 1.82) is 0 Å². The van der Waals surface area contributed by atoms with Crippen molar-refractivity contribution < 1.29 is 9.47 Å². The van der Waals surface area contributed by atoms with Gasteiger partial charge in [0.1, 0.15) is 11.6 Å². The van der Waals surface area contributed by atoms with Gasteiger partial charge in [-0.1, -0.05) is 12.1 Å². The fourth-order valence-corrected chi connectivity index (χ4v) is 3.28. The van der Waals surface area contributed by atoms with E-state index < -0.39 is 0 Å². The number of anilines is 2. The van der Waals surface area contributed by atoms with Gasteiger partial charge in [0, 0.05) is 38.0 Å². The van der Waals surface area contributed by atoms with E-state index >= 15 is 0 Å². The van der Waals surface area contributed by atoms with Crippen LogP contribution in [0.15, 0.2) is 42.6 Å². The van der Waals surface area contributed by atoms with E-state index in [0.29, 0.717) is 36.5 Å². The van der Waals surface area contributed by atoms with Crippen LogP contribution in [0.3, 0.4) is 0 Å². The van der Waals surface area contributed by atoms with Crippen LogP contribution in [0.5, 0.6) is 11.8 Å². The maximum atomic E-state index is 6.01. The average molecular weight is 422 g/mol. The van der Waals surface area contributed by atoms with Crippen molar-refractivity contribution >= 4 is 11.8 Å². The number of nitrogens with two attached hydrogens (primary N) is 1. The van der Waals surface area contributed by atoms with Crippen LogP contribution in [-0.4, -0.2) is 65.2 Å². The molecule has 1 aliphatic rings. The molecule has 162 valence electrons. The van der Waals surface area contributed by atoms with E-state index in [2.05, 4.69) is 29.7 Å². The lowest BCUT2D eigenvalue weighted by Gasteiger charge is -2.20. The lowest BCUT2D eigenvalue weighted by atomic mass is 10.2. The van der Waals surface area contributed by atoms with E-state index in [1.54, 1.807) is 12.3 Å². The molecule has 31 heavy (non-hydrogen) atoms. The van der Waals surface area contributed by atoms with Crippen molar-refractivity contribution in [3.63, 3.8) is 0 Å². The van der Waals surface area contributed by atoms with Crippen molar-refractivity contribution in [1.82, 2.24) is 24.8 Å². The fraction of sp³-hybridized carbons (Fsp3) is 0.364. The van der Waals surface area contributed by atoms with Crippen LogP contribution in [0.4, 0.5) is 11.8 Å². The number of hydrogen-bond donors (Lipinski definition) is 1. The van der Waals surface area contributed by atoms with Crippen molar-refractivity contribution in [3.05, 3.63) is 48.2 Å². The smallest absolute Gasteiger partial charge is 0.327 e. The molecule has 0 saturated carbocycles. The van der Waals surface area contributed by atoms with Gasteiger partial charge in [0.2, 0.25) is 5.95 Å². The summed E-state index contributed by atoms with van der Waals surface area (Å²) in [4.78, 5) is 22.1. The third-order valence-corrected chi connectivity index (χ3v) is 4.78. The minimum Gasteiger partial charge on any atom is -0.424 e. The number of nitrogens with zero attached hydrogens (tertiary/aromatic N) is 6. The zero-order valence-electron chi connectivity index (χ0n) is 17.9. The van der Waals surface area contributed by atoms with Crippen LogP contribution in [-0.2, 0) is 11.3 Å². The van der Waals surface area contributed by atoms with Gasteiger partial charge in [-0.05, 0) is 50.3 Å². The van der Waals surface area contributed by atoms with Gasteiger partial charge in [-0.2, -0.15) is 15.0 Å². The lowest BCUT2D eigenvalue weighted by Crippen LogP contribution is -2.28. The van der Waals surface area contributed by atoms with Crippen molar-refractivity contribution in [2.45, 2.75) is 13.0 Å². The second-order valence-corrected chi connectivity index (χ2v) is 7.65. The van der Waals surface area contributed by atoms with Gasteiger partial charge in [-0.3, -0.25) is 0 Å². The standard InChI is InChI=1S/C22H27N7O2/c1-28(2)15-16-4-7-18(8-5-16)31-22-26-20(17-6-9-19(23)24-14-17)25-21(27-22)29-10-3-12-30-13-11-29/h4-9,14H,3,10-13,15H2,1-2H3,(H2,23,24). The van der Waals surface area contributed by atoms with Gasteiger partial charge in [0.05, 0.1) is 6.61 Å². The largest absolute Gasteiger partial charge is 0.424 e. The molecule has 1 aromatic carbocycles.